The van der Waals surface area contributed by atoms with Crippen LogP contribution in [0.1, 0.15) is 10.7 Å². The number of thiazole rings is 1. The first-order valence-corrected chi connectivity index (χ1v) is 7.26. The fraction of sp³-hybridized carbons (Fsp3) is 0.286. The van der Waals surface area contributed by atoms with Crippen LogP contribution in [0.4, 0.5) is 15.8 Å². The minimum Gasteiger partial charge on any atom is -0.399 e. The summed E-state index contributed by atoms with van der Waals surface area (Å²) in [7, 11) is 1.81. The van der Waals surface area contributed by atoms with Gasteiger partial charge in [0.2, 0.25) is 5.91 Å². The molecule has 0 aliphatic carbocycles. The lowest BCUT2D eigenvalue weighted by Crippen LogP contribution is -2.30. The fourth-order valence-corrected chi connectivity index (χ4v) is 2.49. The number of anilines is 2. The number of nitrogens with one attached hydrogen (secondary N) is 1. The van der Waals surface area contributed by atoms with Crippen LogP contribution in [-0.2, 0) is 11.3 Å². The lowest BCUT2D eigenvalue weighted by atomic mass is 10.2. The van der Waals surface area contributed by atoms with Crippen molar-refractivity contribution in [3.8, 4) is 0 Å². The van der Waals surface area contributed by atoms with Gasteiger partial charge in [0, 0.05) is 17.6 Å². The fourth-order valence-electron chi connectivity index (χ4n) is 1.89. The summed E-state index contributed by atoms with van der Waals surface area (Å²) in [4.78, 5) is 18.1. The van der Waals surface area contributed by atoms with Crippen LogP contribution < -0.4 is 11.1 Å². The van der Waals surface area contributed by atoms with Gasteiger partial charge in [0.1, 0.15) is 5.82 Å². The Morgan fingerprint density at radius 3 is 2.95 bits per heavy atom. The summed E-state index contributed by atoms with van der Waals surface area (Å²) in [6.07, 6.45) is 0. The van der Waals surface area contributed by atoms with E-state index >= 15 is 0 Å². The molecule has 1 aromatic heterocycles. The summed E-state index contributed by atoms with van der Waals surface area (Å²) in [5.41, 5.74) is 6.99. The highest BCUT2D eigenvalue weighted by Gasteiger charge is 2.11. The van der Waals surface area contributed by atoms with Gasteiger partial charge in [0.15, 0.2) is 0 Å². The van der Waals surface area contributed by atoms with Gasteiger partial charge in [-0.1, -0.05) is 0 Å². The van der Waals surface area contributed by atoms with E-state index in [4.69, 9.17) is 5.73 Å². The Morgan fingerprint density at radius 2 is 2.29 bits per heavy atom. The Morgan fingerprint density at radius 1 is 1.52 bits per heavy atom. The van der Waals surface area contributed by atoms with Gasteiger partial charge in [0.25, 0.3) is 0 Å². The van der Waals surface area contributed by atoms with E-state index in [2.05, 4.69) is 10.3 Å². The molecule has 0 unspecified atom stereocenters. The van der Waals surface area contributed by atoms with Gasteiger partial charge in [0.05, 0.1) is 22.9 Å². The molecule has 0 fully saturated rings. The molecule has 1 heterocycles. The topological polar surface area (TPSA) is 71.2 Å². The van der Waals surface area contributed by atoms with Crippen LogP contribution in [0, 0.1) is 12.7 Å². The van der Waals surface area contributed by atoms with Crippen molar-refractivity contribution in [2.45, 2.75) is 13.5 Å². The first-order valence-electron chi connectivity index (χ1n) is 6.38. The van der Waals surface area contributed by atoms with Crippen molar-refractivity contribution < 1.29 is 9.18 Å². The summed E-state index contributed by atoms with van der Waals surface area (Å²) >= 11 is 1.57. The molecule has 21 heavy (non-hydrogen) atoms. The van der Waals surface area contributed by atoms with Crippen LogP contribution in [-0.4, -0.2) is 29.4 Å². The summed E-state index contributed by atoms with van der Waals surface area (Å²) in [6, 6.07) is 4.07. The van der Waals surface area contributed by atoms with Crippen molar-refractivity contribution in [3.63, 3.8) is 0 Å². The molecule has 1 aromatic carbocycles. The molecule has 2 aromatic rings. The molecule has 0 aliphatic rings. The molecule has 0 radical (unpaired) electrons. The van der Waals surface area contributed by atoms with E-state index in [-0.39, 0.29) is 18.1 Å². The number of carbonyl (C=O) groups excluding carboxylic acids is 1. The van der Waals surface area contributed by atoms with Gasteiger partial charge in [-0.2, -0.15) is 0 Å². The number of aromatic nitrogens is 1. The lowest BCUT2D eigenvalue weighted by Gasteiger charge is -2.15. The Balaban J connectivity index is 1.90. The summed E-state index contributed by atoms with van der Waals surface area (Å²) in [5.74, 6) is -0.802. The highest BCUT2D eigenvalue weighted by molar-refractivity contribution is 7.09. The molecule has 3 N–H and O–H groups in total. The van der Waals surface area contributed by atoms with Crippen LogP contribution in [0.2, 0.25) is 0 Å². The second-order valence-corrected chi connectivity index (χ2v) is 5.88. The molecule has 5 nitrogen and oxygen atoms in total. The van der Waals surface area contributed by atoms with Crippen LogP contribution in [0.25, 0.3) is 0 Å². The van der Waals surface area contributed by atoms with Crippen LogP contribution in [0.5, 0.6) is 0 Å². The second-order valence-electron chi connectivity index (χ2n) is 4.82. The van der Waals surface area contributed by atoms with Crippen LogP contribution in [0.3, 0.4) is 0 Å². The maximum atomic E-state index is 13.5. The molecule has 1 amide bonds. The Labute approximate surface area is 126 Å². The van der Waals surface area contributed by atoms with Crippen molar-refractivity contribution in [1.82, 2.24) is 9.88 Å². The maximum absolute atomic E-state index is 13.5. The largest absolute Gasteiger partial charge is 0.399 e. The molecule has 0 atom stereocenters. The number of rotatable bonds is 5. The van der Waals surface area contributed by atoms with E-state index < -0.39 is 5.82 Å². The second kappa shape index (κ2) is 6.64. The molecule has 7 heteroatoms. The SMILES string of the molecule is Cc1nc(CN(C)CC(=O)Nc2cc(N)ccc2F)cs1. The van der Waals surface area contributed by atoms with Gasteiger partial charge in [-0.25, -0.2) is 9.37 Å². The summed E-state index contributed by atoms with van der Waals surface area (Å²) < 4.78 is 13.5. The molecule has 2 rings (SSSR count). The third-order valence-electron chi connectivity index (χ3n) is 2.78. The summed E-state index contributed by atoms with van der Waals surface area (Å²) in [6.45, 7) is 2.64. The quantitative estimate of drug-likeness (QED) is 0.831. The first kappa shape index (κ1) is 15.4. The molecule has 0 saturated carbocycles. The molecular weight excluding hydrogens is 291 g/mol. The van der Waals surface area contributed by atoms with E-state index in [1.807, 2.05) is 24.3 Å². The van der Waals surface area contributed by atoms with Crippen LogP contribution >= 0.6 is 11.3 Å². The Hall–Kier alpha value is -1.99. The van der Waals surface area contributed by atoms with Gasteiger partial charge in [-0.15, -0.1) is 11.3 Å². The number of carbonyl (C=O) groups is 1. The number of halogens is 1. The minimum atomic E-state index is -0.504. The van der Waals surface area contributed by atoms with E-state index in [1.54, 1.807) is 11.3 Å². The van der Waals surface area contributed by atoms with Crippen molar-refractivity contribution in [2.75, 3.05) is 24.6 Å². The van der Waals surface area contributed by atoms with Gasteiger partial charge in [-0.3, -0.25) is 9.69 Å². The highest BCUT2D eigenvalue weighted by atomic mass is 32.1. The number of likely N-dealkylation sites (N-methyl/N-ethyl adjacent to an activating group) is 1. The average molecular weight is 308 g/mol. The third-order valence-corrected chi connectivity index (χ3v) is 3.60. The molecule has 0 spiro atoms. The monoisotopic (exact) mass is 308 g/mol. The normalized spacial score (nSPS) is 10.9. The van der Waals surface area contributed by atoms with Crippen molar-refractivity contribution in [1.29, 1.82) is 0 Å². The number of nitrogens with zero attached hydrogens (tertiary/aromatic N) is 2. The van der Waals surface area contributed by atoms with Gasteiger partial charge in [-0.05, 0) is 32.2 Å². The number of benzene rings is 1. The number of amides is 1. The highest BCUT2D eigenvalue weighted by Crippen LogP contribution is 2.17. The first-order chi connectivity index (χ1) is 9.94. The Kier molecular flexibility index (Phi) is 4.87. The van der Waals surface area contributed by atoms with E-state index in [0.717, 1.165) is 10.7 Å². The van der Waals surface area contributed by atoms with E-state index in [0.29, 0.717) is 12.2 Å². The molecular formula is C14H17FN4OS. The lowest BCUT2D eigenvalue weighted by molar-refractivity contribution is -0.117. The molecule has 0 aliphatic heterocycles. The van der Waals surface area contributed by atoms with Crippen LogP contribution in [0.15, 0.2) is 23.6 Å². The number of hydrogen-bond acceptors (Lipinski definition) is 5. The summed E-state index contributed by atoms with van der Waals surface area (Å²) in [5, 5.41) is 5.47. The number of aryl methyl sites for hydroxylation is 1. The Bertz CT molecular complexity index is 644. The number of nitrogen functional groups attached to an aromatic ring is 1. The third kappa shape index (κ3) is 4.51. The number of nitrogens with two attached hydrogens (primary N) is 1. The molecule has 0 saturated heterocycles. The number of hydrogen-bond donors (Lipinski definition) is 2. The predicted octanol–water partition coefficient (Wildman–Crippen LogP) is 2.24. The molecule has 112 valence electrons. The van der Waals surface area contributed by atoms with Gasteiger partial charge >= 0.3 is 0 Å². The van der Waals surface area contributed by atoms with Gasteiger partial charge < -0.3 is 11.1 Å². The minimum absolute atomic E-state index is 0.0953. The maximum Gasteiger partial charge on any atom is 0.238 e. The standard InChI is InChI=1S/C14H17FN4OS/c1-9-17-11(8-21-9)6-19(2)7-14(20)18-13-5-10(16)3-4-12(13)15/h3-5,8H,6-7,16H2,1-2H3,(H,18,20). The zero-order valence-corrected chi connectivity index (χ0v) is 12.7. The van der Waals surface area contributed by atoms with Crippen molar-refractivity contribution in [2.24, 2.45) is 0 Å². The molecule has 0 bridgehead atoms. The zero-order valence-electron chi connectivity index (χ0n) is 11.9. The predicted molar refractivity (Wildman–Crippen MR) is 82.6 cm³/mol. The van der Waals surface area contributed by atoms with E-state index in [1.165, 1.54) is 18.2 Å². The van der Waals surface area contributed by atoms with E-state index in [9.17, 15) is 9.18 Å². The zero-order chi connectivity index (χ0) is 15.4. The van der Waals surface area contributed by atoms with Crippen molar-refractivity contribution >= 4 is 28.6 Å². The van der Waals surface area contributed by atoms with Crippen molar-refractivity contribution in [3.05, 3.63) is 40.1 Å². The smallest absolute Gasteiger partial charge is 0.238 e. The average Bonchev–Trinajstić information content (AvgIpc) is 2.79.